The van der Waals surface area contributed by atoms with Crippen molar-refractivity contribution in [2.24, 2.45) is 0 Å². The van der Waals surface area contributed by atoms with Crippen LogP contribution in [0.25, 0.3) is 0 Å². The van der Waals surface area contributed by atoms with Gasteiger partial charge in [-0.2, -0.15) is 0 Å². The van der Waals surface area contributed by atoms with Crippen LogP contribution in [0, 0.1) is 0 Å². The molecule has 0 amide bonds. The molecule has 0 rings (SSSR count). The predicted octanol–water partition coefficient (Wildman–Crippen LogP) is 4.69. The molecule has 0 aromatic heterocycles. The molecule has 0 heterocycles. The summed E-state index contributed by atoms with van der Waals surface area (Å²) < 4.78 is 0. The lowest BCUT2D eigenvalue weighted by molar-refractivity contribution is 0.637. The van der Waals surface area contributed by atoms with Crippen molar-refractivity contribution in [3.8, 4) is 0 Å². The maximum absolute atomic E-state index is 3.40. The van der Waals surface area contributed by atoms with E-state index in [1.165, 1.54) is 44.9 Å². The van der Waals surface area contributed by atoms with E-state index in [9.17, 15) is 0 Å². The Kier molecular flexibility index (Phi) is 11.4. The van der Waals surface area contributed by atoms with Gasteiger partial charge in [0, 0.05) is 5.33 Å². The van der Waals surface area contributed by atoms with Gasteiger partial charge < -0.3 is 0 Å². The first-order valence-electron chi connectivity index (χ1n) is 5.12. The molecular weight excluding hydrogens is 212 g/mol. The van der Waals surface area contributed by atoms with E-state index in [-0.39, 0.29) is 0 Å². The van der Waals surface area contributed by atoms with Gasteiger partial charge in [0.25, 0.3) is 0 Å². The third-order valence-corrected chi connectivity index (χ3v) is 2.37. The Balaban J connectivity index is 2.90. The highest BCUT2D eigenvalue weighted by Crippen LogP contribution is 2.05. The summed E-state index contributed by atoms with van der Waals surface area (Å²) in [5.41, 5.74) is 0. The summed E-state index contributed by atoms with van der Waals surface area (Å²) in [5, 5.41) is 1.10. The molecule has 1 heteroatoms. The minimum absolute atomic E-state index is 1.10. The van der Waals surface area contributed by atoms with Crippen molar-refractivity contribution in [1.29, 1.82) is 0 Å². The predicted molar refractivity (Wildman–Crippen MR) is 60.9 cm³/mol. The van der Waals surface area contributed by atoms with Crippen LogP contribution >= 0.6 is 15.9 Å². The van der Waals surface area contributed by atoms with Gasteiger partial charge in [-0.3, -0.25) is 0 Å². The van der Waals surface area contributed by atoms with Crippen LogP contribution in [0.4, 0.5) is 0 Å². The van der Waals surface area contributed by atoms with E-state index in [0.717, 1.165) is 5.33 Å². The zero-order valence-electron chi connectivity index (χ0n) is 8.19. The van der Waals surface area contributed by atoms with Crippen LogP contribution in [0.1, 0.15) is 51.9 Å². The fourth-order valence-electron chi connectivity index (χ4n) is 1.16. The zero-order valence-corrected chi connectivity index (χ0v) is 9.78. The van der Waals surface area contributed by atoms with E-state index in [4.69, 9.17) is 0 Å². The molecule has 0 aromatic carbocycles. The van der Waals surface area contributed by atoms with Crippen LogP contribution in [0.15, 0.2) is 12.2 Å². The number of unbranched alkanes of at least 4 members (excludes halogenated alkanes) is 5. The molecule has 0 aliphatic carbocycles. The van der Waals surface area contributed by atoms with Gasteiger partial charge in [0.05, 0.1) is 0 Å². The second-order valence-corrected chi connectivity index (χ2v) is 3.94. The average Bonchev–Trinajstić information content (AvgIpc) is 2.10. The SMILES string of the molecule is CCCCCCC/C=C/CCBr. The first kappa shape index (κ1) is 12.2. The van der Waals surface area contributed by atoms with E-state index in [1.54, 1.807) is 0 Å². The standard InChI is InChI=1S/C11H21Br/c1-2-3-4-5-6-7-8-9-10-11-12/h8-9H,2-7,10-11H2,1H3/b9-8+. The highest BCUT2D eigenvalue weighted by atomic mass is 79.9. The van der Waals surface area contributed by atoms with E-state index >= 15 is 0 Å². The smallest absolute Gasteiger partial charge is 0.00659 e. The molecular formula is C11H21Br. The van der Waals surface area contributed by atoms with Crippen molar-refractivity contribution in [2.45, 2.75) is 51.9 Å². The molecule has 0 nitrogen and oxygen atoms in total. The van der Waals surface area contributed by atoms with Gasteiger partial charge >= 0.3 is 0 Å². The lowest BCUT2D eigenvalue weighted by atomic mass is 10.1. The van der Waals surface area contributed by atoms with Crippen molar-refractivity contribution in [2.75, 3.05) is 5.33 Å². The van der Waals surface area contributed by atoms with Crippen LogP contribution in [-0.4, -0.2) is 5.33 Å². The number of halogens is 1. The minimum atomic E-state index is 1.10. The van der Waals surface area contributed by atoms with E-state index in [1.807, 2.05) is 0 Å². The number of hydrogen-bond donors (Lipinski definition) is 0. The molecule has 0 atom stereocenters. The largest absolute Gasteiger partial charge is 0.0925 e. The summed E-state index contributed by atoms with van der Waals surface area (Å²) in [6.45, 7) is 2.26. The second-order valence-electron chi connectivity index (χ2n) is 3.15. The topological polar surface area (TPSA) is 0 Å². The molecule has 0 aliphatic heterocycles. The Morgan fingerprint density at radius 1 is 0.917 bits per heavy atom. The maximum atomic E-state index is 3.40. The Morgan fingerprint density at radius 3 is 2.25 bits per heavy atom. The summed E-state index contributed by atoms with van der Waals surface area (Å²) in [4.78, 5) is 0. The third-order valence-electron chi connectivity index (χ3n) is 1.92. The summed E-state index contributed by atoms with van der Waals surface area (Å²) in [6, 6.07) is 0. The van der Waals surface area contributed by atoms with E-state index < -0.39 is 0 Å². The third kappa shape index (κ3) is 10.2. The highest BCUT2D eigenvalue weighted by Gasteiger charge is 1.85. The lowest BCUT2D eigenvalue weighted by Gasteiger charge is -1.95. The summed E-state index contributed by atoms with van der Waals surface area (Å²) >= 11 is 3.40. The molecule has 0 radical (unpaired) electrons. The molecule has 0 N–H and O–H groups in total. The summed E-state index contributed by atoms with van der Waals surface area (Å²) in [6.07, 6.45) is 14.0. The van der Waals surface area contributed by atoms with Gasteiger partial charge in [0.1, 0.15) is 0 Å². The molecule has 0 bridgehead atoms. The van der Waals surface area contributed by atoms with Crippen LogP contribution in [-0.2, 0) is 0 Å². The summed E-state index contributed by atoms with van der Waals surface area (Å²) in [7, 11) is 0. The van der Waals surface area contributed by atoms with Gasteiger partial charge in [0.2, 0.25) is 0 Å². The molecule has 0 aliphatic rings. The minimum Gasteiger partial charge on any atom is -0.0925 e. The normalized spacial score (nSPS) is 11.2. The van der Waals surface area contributed by atoms with Crippen molar-refractivity contribution >= 4 is 15.9 Å². The molecule has 0 saturated carbocycles. The molecule has 0 spiro atoms. The van der Waals surface area contributed by atoms with Gasteiger partial charge in [-0.25, -0.2) is 0 Å². The molecule has 0 fully saturated rings. The van der Waals surface area contributed by atoms with Crippen LogP contribution in [0.3, 0.4) is 0 Å². The van der Waals surface area contributed by atoms with Gasteiger partial charge in [-0.1, -0.05) is 60.7 Å². The number of alkyl halides is 1. The number of hydrogen-bond acceptors (Lipinski definition) is 0. The molecule has 12 heavy (non-hydrogen) atoms. The lowest BCUT2D eigenvalue weighted by Crippen LogP contribution is -1.76. The van der Waals surface area contributed by atoms with Crippen LogP contribution in [0.2, 0.25) is 0 Å². The fourth-order valence-corrected chi connectivity index (χ4v) is 1.43. The average molecular weight is 233 g/mol. The van der Waals surface area contributed by atoms with Gasteiger partial charge in [-0.05, 0) is 19.3 Å². The molecule has 72 valence electrons. The monoisotopic (exact) mass is 232 g/mol. The molecule has 0 unspecified atom stereocenters. The Hall–Kier alpha value is 0.220. The number of allylic oxidation sites excluding steroid dienone is 2. The fraction of sp³-hybridized carbons (Fsp3) is 0.818. The first-order chi connectivity index (χ1) is 5.91. The maximum Gasteiger partial charge on any atom is 0.00659 e. The molecule has 0 saturated heterocycles. The number of rotatable bonds is 8. The van der Waals surface area contributed by atoms with E-state index in [0.29, 0.717) is 0 Å². The summed E-state index contributed by atoms with van der Waals surface area (Å²) in [5.74, 6) is 0. The van der Waals surface area contributed by atoms with Crippen LogP contribution in [0.5, 0.6) is 0 Å². The van der Waals surface area contributed by atoms with Crippen LogP contribution < -0.4 is 0 Å². The quantitative estimate of drug-likeness (QED) is 0.324. The Bertz CT molecular complexity index is 97.2. The highest BCUT2D eigenvalue weighted by molar-refractivity contribution is 9.09. The van der Waals surface area contributed by atoms with Crippen molar-refractivity contribution in [3.05, 3.63) is 12.2 Å². The Labute approximate surface area is 85.6 Å². The van der Waals surface area contributed by atoms with Gasteiger partial charge in [-0.15, -0.1) is 0 Å². The Morgan fingerprint density at radius 2 is 1.58 bits per heavy atom. The van der Waals surface area contributed by atoms with Gasteiger partial charge in [0.15, 0.2) is 0 Å². The second kappa shape index (κ2) is 11.2. The van der Waals surface area contributed by atoms with E-state index in [2.05, 4.69) is 35.0 Å². The molecule has 0 aromatic rings. The zero-order chi connectivity index (χ0) is 9.07. The first-order valence-corrected chi connectivity index (χ1v) is 6.25. The van der Waals surface area contributed by atoms with Crippen molar-refractivity contribution in [1.82, 2.24) is 0 Å². The van der Waals surface area contributed by atoms with Crippen molar-refractivity contribution < 1.29 is 0 Å². The van der Waals surface area contributed by atoms with Crippen molar-refractivity contribution in [3.63, 3.8) is 0 Å².